The maximum Gasteiger partial charge on any atom is 0.330 e. The number of anilines is 2. The molecule has 2 rings (SSSR count). The van der Waals surface area contributed by atoms with Crippen LogP contribution < -0.4 is 22.3 Å². The van der Waals surface area contributed by atoms with Crippen LogP contribution in [0.3, 0.4) is 0 Å². The lowest BCUT2D eigenvalue weighted by molar-refractivity contribution is 0.505. The van der Waals surface area contributed by atoms with Crippen LogP contribution >= 0.6 is 0 Å². The minimum atomic E-state index is -0.441. The van der Waals surface area contributed by atoms with E-state index < -0.39 is 11.2 Å². The fraction of sp³-hybridized carbons (Fsp3) is 0.714. The van der Waals surface area contributed by atoms with Crippen molar-refractivity contribution >= 4 is 11.5 Å². The molecule has 1 heterocycles. The number of H-pyrrole nitrogens is 1. The van der Waals surface area contributed by atoms with Gasteiger partial charge < -0.3 is 11.1 Å². The van der Waals surface area contributed by atoms with Gasteiger partial charge in [0.1, 0.15) is 11.5 Å². The van der Waals surface area contributed by atoms with E-state index in [-0.39, 0.29) is 11.7 Å². The molecule has 1 aliphatic carbocycles. The molecule has 0 radical (unpaired) electrons. The number of hydrogen-bond donors (Lipinski definition) is 3. The molecule has 1 saturated carbocycles. The lowest BCUT2D eigenvalue weighted by Crippen LogP contribution is -2.35. The van der Waals surface area contributed by atoms with E-state index in [0.717, 1.165) is 13.0 Å². The van der Waals surface area contributed by atoms with Crippen LogP contribution in [0, 0.1) is 11.3 Å². The molecule has 0 amide bonds. The summed E-state index contributed by atoms with van der Waals surface area (Å²) in [5.74, 6) is 0.513. The van der Waals surface area contributed by atoms with Crippen LogP contribution in [0.1, 0.15) is 40.0 Å². The van der Waals surface area contributed by atoms with Crippen LogP contribution in [0.2, 0.25) is 0 Å². The number of rotatable bonds is 6. The van der Waals surface area contributed by atoms with Gasteiger partial charge in [0.15, 0.2) is 0 Å². The van der Waals surface area contributed by atoms with E-state index in [1.165, 1.54) is 17.4 Å². The van der Waals surface area contributed by atoms with Crippen LogP contribution in [0.15, 0.2) is 9.59 Å². The molecular formula is C14H24N4O2. The van der Waals surface area contributed by atoms with Crippen LogP contribution in [0.25, 0.3) is 0 Å². The summed E-state index contributed by atoms with van der Waals surface area (Å²) in [4.78, 5) is 26.1. The summed E-state index contributed by atoms with van der Waals surface area (Å²) in [6, 6.07) is 0. The molecule has 20 heavy (non-hydrogen) atoms. The van der Waals surface area contributed by atoms with Gasteiger partial charge in [-0.05, 0) is 30.6 Å². The zero-order chi connectivity index (χ0) is 14.9. The molecule has 6 heteroatoms. The quantitative estimate of drug-likeness (QED) is 0.734. The molecular weight excluding hydrogens is 256 g/mol. The highest BCUT2D eigenvalue weighted by Gasteiger charge is 2.40. The largest absolute Gasteiger partial charge is 0.383 e. The van der Waals surface area contributed by atoms with Crippen molar-refractivity contribution in [3.63, 3.8) is 0 Å². The summed E-state index contributed by atoms with van der Waals surface area (Å²) >= 11 is 0. The first kappa shape index (κ1) is 14.7. The van der Waals surface area contributed by atoms with Gasteiger partial charge in [-0.25, -0.2) is 4.79 Å². The van der Waals surface area contributed by atoms with Crippen molar-refractivity contribution in [3.05, 3.63) is 20.8 Å². The van der Waals surface area contributed by atoms with Gasteiger partial charge in [0.05, 0.1) is 0 Å². The molecule has 0 spiro atoms. The van der Waals surface area contributed by atoms with E-state index in [2.05, 4.69) is 17.2 Å². The Balaban J connectivity index is 2.28. The SMILES string of the molecule is CCC1(CNc2c(N)n(CC(C)C)c(=O)[nH]c2=O)CC1. The Hall–Kier alpha value is -1.72. The van der Waals surface area contributed by atoms with Crippen molar-refractivity contribution < 1.29 is 0 Å². The van der Waals surface area contributed by atoms with E-state index in [1.807, 2.05) is 13.8 Å². The first-order valence-electron chi connectivity index (χ1n) is 7.25. The van der Waals surface area contributed by atoms with Crippen LogP contribution in [0.4, 0.5) is 11.5 Å². The predicted octanol–water partition coefficient (Wildman–Crippen LogP) is 1.38. The molecule has 0 aromatic carbocycles. The van der Waals surface area contributed by atoms with E-state index in [4.69, 9.17) is 5.73 Å². The maximum absolute atomic E-state index is 11.9. The Morgan fingerprint density at radius 1 is 1.40 bits per heavy atom. The topological polar surface area (TPSA) is 92.9 Å². The summed E-state index contributed by atoms with van der Waals surface area (Å²) in [6.07, 6.45) is 3.45. The Bertz CT molecular complexity index is 596. The molecule has 1 aromatic rings. The monoisotopic (exact) mass is 280 g/mol. The van der Waals surface area contributed by atoms with Crippen molar-refractivity contribution in [2.24, 2.45) is 11.3 Å². The number of aromatic amines is 1. The molecule has 6 nitrogen and oxygen atoms in total. The van der Waals surface area contributed by atoms with Gasteiger partial charge >= 0.3 is 5.69 Å². The van der Waals surface area contributed by atoms with Gasteiger partial charge in [0.25, 0.3) is 5.56 Å². The standard InChI is InChI=1S/C14H24N4O2/c1-4-14(5-6-14)8-16-10-11(15)18(7-9(2)3)13(20)17-12(10)19/h9,16H,4-8,15H2,1-3H3,(H,17,19,20). The first-order valence-corrected chi connectivity index (χ1v) is 7.25. The average molecular weight is 280 g/mol. The molecule has 0 atom stereocenters. The fourth-order valence-corrected chi connectivity index (χ4v) is 2.41. The number of hydrogen-bond acceptors (Lipinski definition) is 4. The highest BCUT2D eigenvalue weighted by atomic mass is 16.2. The van der Waals surface area contributed by atoms with Gasteiger partial charge in [-0.15, -0.1) is 0 Å². The summed E-state index contributed by atoms with van der Waals surface area (Å²) in [5.41, 5.74) is 5.76. The Morgan fingerprint density at radius 3 is 2.55 bits per heavy atom. The summed E-state index contributed by atoms with van der Waals surface area (Å²) in [6.45, 7) is 7.38. The number of aromatic nitrogens is 2. The van der Waals surface area contributed by atoms with E-state index in [1.54, 1.807) is 0 Å². The predicted molar refractivity (Wildman–Crippen MR) is 81.0 cm³/mol. The summed E-state index contributed by atoms with van der Waals surface area (Å²) in [5, 5.41) is 3.15. The molecule has 1 aromatic heterocycles. The summed E-state index contributed by atoms with van der Waals surface area (Å²) in [7, 11) is 0. The van der Waals surface area contributed by atoms with Crippen molar-refractivity contribution in [1.29, 1.82) is 0 Å². The zero-order valence-corrected chi connectivity index (χ0v) is 12.5. The second kappa shape index (κ2) is 5.34. The van der Waals surface area contributed by atoms with Crippen molar-refractivity contribution in [2.45, 2.75) is 46.6 Å². The molecule has 4 N–H and O–H groups in total. The van der Waals surface area contributed by atoms with Gasteiger partial charge in [-0.2, -0.15) is 0 Å². The minimum absolute atomic E-state index is 0.236. The molecule has 0 aliphatic heterocycles. The lowest BCUT2D eigenvalue weighted by Gasteiger charge is -2.18. The first-order chi connectivity index (χ1) is 9.38. The number of nitrogen functional groups attached to an aromatic ring is 1. The molecule has 1 fully saturated rings. The third-order valence-electron chi connectivity index (χ3n) is 4.13. The summed E-state index contributed by atoms with van der Waals surface area (Å²) < 4.78 is 1.43. The Morgan fingerprint density at radius 2 is 2.05 bits per heavy atom. The maximum atomic E-state index is 11.9. The highest BCUT2D eigenvalue weighted by molar-refractivity contribution is 5.60. The van der Waals surface area contributed by atoms with Crippen LogP contribution in [-0.4, -0.2) is 16.1 Å². The van der Waals surface area contributed by atoms with Gasteiger partial charge in [0, 0.05) is 13.1 Å². The van der Waals surface area contributed by atoms with Gasteiger partial charge in [0.2, 0.25) is 0 Å². The second-order valence-electron chi connectivity index (χ2n) is 6.23. The second-order valence-corrected chi connectivity index (χ2v) is 6.23. The van der Waals surface area contributed by atoms with E-state index >= 15 is 0 Å². The molecule has 0 bridgehead atoms. The smallest absolute Gasteiger partial charge is 0.330 e. The van der Waals surface area contributed by atoms with Crippen molar-refractivity contribution in [2.75, 3.05) is 17.6 Å². The highest BCUT2D eigenvalue weighted by Crippen LogP contribution is 2.48. The van der Waals surface area contributed by atoms with E-state index in [9.17, 15) is 9.59 Å². The number of nitrogens with one attached hydrogen (secondary N) is 2. The van der Waals surface area contributed by atoms with Gasteiger partial charge in [-0.3, -0.25) is 14.3 Å². The molecule has 0 unspecified atom stereocenters. The molecule has 1 aliphatic rings. The van der Waals surface area contributed by atoms with Gasteiger partial charge in [-0.1, -0.05) is 20.8 Å². The average Bonchev–Trinajstić information content (AvgIpc) is 3.14. The number of nitrogens with zero attached hydrogens (tertiary/aromatic N) is 1. The Labute approximate surface area is 118 Å². The zero-order valence-electron chi connectivity index (χ0n) is 12.5. The van der Waals surface area contributed by atoms with Crippen molar-refractivity contribution in [3.8, 4) is 0 Å². The number of nitrogens with two attached hydrogens (primary N) is 1. The van der Waals surface area contributed by atoms with Crippen LogP contribution in [0.5, 0.6) is 0 Å². The van der Waals surface area contributed by atoms with E-state index in [0.29, 0.717) is 17.6 Å². The molecule has 0 saturated heterocycles. The van der Waals surface area contributed by atoms with Crippen LogP contribution in [-0.2, 0) is 6.54 Å². The lowest BCUT2D eigenvalue weighted by atomic mass is 10.0. The van der Waals surface area contributed by atoms with Crippen molar-refractivity contribution in [1.82, 2.24) is 9.55 Å². The molecule has 112 valence electrons. The fourth-order valence-electron chi connectivity index (χ4n) is 2.41. The third-order valence-corrected chi connectivity index (χ3v) is 4.13. The Kier molecular flexibility index (Phi) is 3.92. The normalized spacial score (nSPS) is 16.4. The third kappa shape index (κ3) is 2.89. The minimum Gasteiger partial charge on any atom is -0.383 e.